The molecule has 0 fully saturated rings. The zero-order chi connectivity index (χ0) is 13.1. The number of amidine groups is 1. The molecule has 2 aromatic carbocycles. The second-order valence-corrected chi connectivity index (χ2v) is 4.08. The molecule has 0 aliphatic heterocycles. The van der Waals surface area contributed by atoms with E-state index in [0.717, 1.165) is 22.2 Å². The minimum absolute atomic E-state index is 0.398. The maximum absolute atomic E-state index is 9.26. The van der Waals surface area contributed by atoms with Gasteiger partial charge in [-0.25, -0.2) is 4.99 Å². The molecule has 2 N–H and O–H groups in total. The predicted octanol–water partition coefficient (Wildman–Crippen LogP) is 3.49. The molecule has 0 amide bonds. The summed E-state index contributed by atoms with van der Waals surface area (Å²) in [5.74, 6) is 0.398. The smallest absolute Gasteiger partial charge is 0.157 e. The van der Waals surface area contributed by atoms with E-state index in [0.29, 0.717) is 5.84 Å². The highest BCUT2D eigenvalue weighted by Crippen LogP contribution is 2.18. The van der Waals surface area contributed by atoms with Gasteiger partial charge in [0.1, 0.15) is 5.58 Å². The number of hydrogen-bond acceptors (Lipinski definition) is 3. The van der Waals surface area contributed by atoms with Gasteiger partial charge in [0.15, 0.2) is 5.84 Å². The molecule has 0 radical (unpaired) electrons. The third-order valence-electron chi connectivity index (χ3n) is 2.83. The van der Waals surface area contributed by atoms with Crippen LogP contribution in [-0.2, 0) is 0 Å². The number of hydrogen-bond donors (Lipinski definition) is 2. The molecule has 0 aliphatic carbocycles. The molecule has 4 nitrogen and oxygen atoms in total. The number of benzene rings is 2. The second kappa shape index (κ2) is 4.96. The molecule has 4 heteroatoms. The molecule has 94 valence electrons. The van der Waals surface area contributed by atoms with Crippen LogP contribution < -0.4 is 5.48 Å². The van der Waals surface area contributed by atoms with Gasteiger partial charge in [-0.1, -0.05) is 18.2 Å². The van der Waals surface area contributed by atoms with Gasteiger partial charge < -0.3 is 4.42 Å². The second-order valence-electron chi connectivity index (χ2n) is 4.08. The molecule has 0 atom stereocenters. The molecular formula is C15H12N2O2. The summed E-state index contributed by atoms with van der Waals surface area (Å²) in [5, 5.41) is 10.2. The molecule has 0 saturated heterocycles. The Balaban J connectivity index is 2.04. The number of fused-ring (bicyclic) bond motifs is 1. The SMILES string of the molecule is ONC(=Nc1ccccc1)c1ccc2occc2c1. The van der Waals surface area contributed by atoms with E-state index in [9.17, 15) is 5.21 Å². The lowest BCUT2D eigenvalue weighted by molar-refractivity contribution is 0.235. The summed E-state index contributed by atoms with van der Waals surface area (Å²) in [6.45, 7) is 0. The highest BCUT2D eigenvalue weighted by Gasteiger charge is 2.05. The summed E-state index contributed by atoms with van der Waals surface area (Å²) < 4.78 is 5.28. The van der Waals surface area contributed by atoms with Crippen LogP contribution in [0.5, 0.6) is 0 Å². The van der Waals surface area contributed by atoms with E-state index in [1.807, 2.05) is 54.6 Å². The van der Waals surface area contributed by atoms with Gasteiger partial charge in [0.25, 0.3) is 0 Å². The van der Waals surface area contributed by atoms with Gasteiger partial charge in [0, 0.05) is 10.9 Å². The average molecular weight is 252 g/mol. The van der Waals surface area contributed by atoms with Crippen LogP contribution in [0.25, 0.3) is 11.0 Å². The van der Waals surface area contributed by atoms with Crippen molar-refractivity contribution in [3.8, 4) is 0 Å². The molecule has 3 aromatic rings. The highest BCUT2D eigenvalue weighted by atomic mass is 16.5. The molecule has 19 heavy (non-hydrogen) atoms. The third kappa shape index (κ3) is 2.34. The summed E-state index contributed by atoms with van der Waals surface area (Å²) >= 11 is 0. The fraction of sp³-hybridized carbons (Fsp3) is 0. The molecule has 0 saturated carbocycles. The Morgan fingerprint density at radius 2 is 1.89 bits per heavy atom. The fourth-order valence-corrected chi connectivity index (χ4v) is 1.90. The van der Waals surface area contributed by atoms with Crippen molar-refractivity contribution in [2.24, 2.45) is 4.99 Å². The summed E-state index contributed by atoms with van der Waals surface area (Å²) in [5.41, 5.74) is 4.51. The normalized spacial score (nSPS) is 11.7. The summed E-state index contributed by atoms with van der Waals surface area (Å²) in [4.78, 5) is 4.36. The van der Waals surface area contributed by atoms with E-state index in [-0.39, 0.29) is 0 Å². The Morgan fingerprint density at radius 1 is 1.05 bits per heavy atom. The van der Waals surface area contributed by atoms with Crippen LogP contribution in [0.1, 0.15) is 5.56 Å². The molecule has 1 heterocycles. The number of furan rings is 1. The van der Waals surface area contributed by atoms with E-state index in [4.69, 9.17) is 4.42 Å². The molecule has 0 bridgehead atoms. The molecule has 0 aliphatic rings. The van der Waals surface area contributed by atoms with E-state index >= 15 is 0 Å². The first-order valence-corrected chi connectivity index (χ1v) is 5.88. The van der Waals surface area contributed by atoms with E-state index < -0.39 is 0 Å². The molecule has 1 aromatic heterocycles. The van der Waals surface area contributed by atoms with Crippen molar-refractivity contribution in [2.45, 2.75) is 0 Å². The summed E-state index contributed by atoms with van der Waals surface area (Å²) in [6, 6.07) is 16.9. The number of rotatable bonds is 2. The number of para-hydroxylation sites is 1. The lowest BCUT2D eigenvalue weighted by atomic mass is 10.1. The van der Waals surface area contributed by atoms with Crippen LogP contribution in [-0.4, -0.2) is 11.0 Å². The van der Waals surface area contributed by atoms with E-state index in [1.54, 1.807) is 6.26 Å². The van der Waals surface area contributed by atoms with Crippen molar-refractivity contribution in [3.05, 3.63) is 66.4 Å². The lowest BCUT2D eigenvalue weighted by Crippen LogP contribution is -2.19. The fourth-order valence-electron chi connectivity index (χ4n) is 1.90. The van der Waals surface area contributed by atoms with Crippen molar-refractivity contribution < 1.29 is 9.62 Å². The Labute approximate surface area is 110 Å². The zero-order valence-corrected chi connectivity index (χ0v) is 10.1. The van der Waals surface area contributed by atoms with E-state index in [2.05, 4.69) is 10.5 Å². The molecule has 0 unspecified atom stereocenters. The van der Waals surface area contributed by atoms with Crippen molar-refractivity contribution in [1.29, 1.82) is 0 Å². The van der Waals surface area contributed by atoms with Crippen molar-refractivity contribution in [2.75, 3.05) is 0 Å². The Bertz CT molecular complexity index is 717. The third-order valence-corrected chi connectivity index (χ3v) is 2.83. The molecule has 3 rings (SSSR count). The first kappa shape index (κ1) is 11.5. The van der Waals surface area contributed by atoms with Gasteiger partial charge in [-0.3, -0.25) is 10.7 Å². The summed E-state index contributed by atoms with van der Waals surface area (Å²) in [6.07, 6.45) is 1.63. The maximum atomic E-state index is 9.26. The van der Waals surface area contributed by atoms with Crippen molar-refractivity contribution in [1.82, 2.24) is 5.48 Å². The van der Waals surface area contributed by atoms with Gasteiger partial charge in [0.05, 0.1) is 12.0 Å². The number of nitrogens with zero attached hydrogens (tertiary/aromatic N) is 1. The van der Waals surface area contributed by atoms with Crippen LogP contribution in [0, 0.1) is 0 Å². The van der Waals surface area contributed by atoms with Gasteiger partial charge in [-0.15, -0.1) is 0 Å². The van der Waals surface area contributed by atoms with Crippen LogP contribution in [0.4, 0.5) is 5.69 Å². The topological polar surface area (TPSA) is 57.8 Å². The Morgan fingerprint density at radius 3 is 2.68 bits per heavy atom. The van der Waals surface area contributed by atoms with Crippen LogP contribution in [0.3, 0.4) is 0 Å². The number of hydroxylamine groups is 1. The maximum Gasteiger partial charge on any atom is 0.157 e. The first-order valence-electron chi connectivity index (χ1n) is 5.88. The monoisotopic (exact) mass is 252 g/mol. The minimum atomic E-state index is 0.398. The largest absolute Gasteiger partial charge is 0.464 e. The predicted molar refractivity (Wildman–Crippen MR) is 73.8 cm³/mol. The lowest BCUT2D eigenvalue weighted by Gasteiger charge is -2.05. The number of aliphatic imine (C=N–C) groups is 1. The van der Waals surface area contributed by atoms with Gasteiger partial charge in [-0.2, -0.15) is 0 Å². The molecular weight excluding hydrogens is 240 g/mol. The van der Waals surface area contributed by atoms with Gasteiger partial charge in [-0.05, 0) is 36.4 Å². The standard InChI is InChI=1S/C15H12N2O2/c18-17-15(16-13-4-2-1-3-5-13)12-6-7-14-11(10-12)8-9-19-14/h1-10,18H,(H,16,17). The Kier molecular flexibility index (Phi) is 3.00. The van der Waals surface area contributed by atoms with Crippen LogP contribution in [0.15, 0.2) is 70.3 Å². The van der Waals surface area contributed by atoms with Crippen molar-refractivity contribution in [3.63, 3.8) is 0 Å². The first-order chi connectivity index (χ1) is 9.36. The van der Waals surface area contributed by atoms with Gasteiger partial charge in [0.2, 0.25) is 0 Å². The highest BCUT2D eigenvalue weighted by molar-refractivity contribution is 6.02. The van der Waals surface area contributed by atoms with Gasteiger partial charge >= 0.3 is 0 Å². The summed E-state index contributed by atoms with van der Waals surface area (Å²) in [7, 11) is 0. The average Bonchev–Trinajstić information content (AvgIpc) is 2.93. The van der Waals surface area contributed by atoms with Crippen LogP contribution >= 0.6 is 0 Å². The Hall–Kier alpha value is -2.59. The van der Waals surface area contributed by atoms with E-state index in [1.165, 1.54) is 0 Å². The number of nitrogens with one attached hydrogen (secondary N) is 1. The molecule has 0 spiro atoms. The van der Waals surface area contributed by atoms with Crippen molar-refractivity contribution >= 4 is 22.5 Å². The zero-order valence-electron chi connectivity index (χ0n) is 10.1. The minimum Gasteiger partial charge on any atom is -0.464 e. The van der Waals surface area contributed by atoms with Crippen LogP contribution in [0.2, 0.25) is 0 Å². The quantitative estimate of drug-likeness (QED) is 0.417.